The molecule has 0 aliphatic carbocycles. The Morgan fingerprint density at radius 1 is 1.00 bits per heavy atom. The van der Waals surface area contributed by atoms with Gasteiger partial charge in [0, 0.05) is 18.8 Å². The number of nitrogens with two attached hydrogens (primary N) is 1. The average Bonchev–Trinajstić information content (AvgIpc) is 2.43. The lowest BCUT2D eigenvalue weighted by molar-refractivity contribution is 0.272. The summed E-state index contributed by atoms with van der Waals surface area (Å²) in [7, 11) is 0. The normalized spacial score (nSPS) is 10.8. The number of phenolic OH excluding ortho intramolecular Hbond substituents is 1. The van der Waals surface area contributed by atoms with E-state index in [1.54, 1.807) is 12.1 Å². The first-order valence-corrected chi connectivity index (χ1v) is 6.52. The van der Waals surface area contributed by atoms with Crippen LogP contribution in [0, 0.1) is 0 Å². The smallest absolute Gasteiger partial charge is 0.115 e. The van der Waals surface area contributed by atoms with Crippen molar-refractivity contribution in [3.05, 3.63) is 59.7 Å². The maximum Gasteiger partial charge on any atom is 0.115 e. The number of hydrogen-bond acceptors (Lipinski definition) is 3. The second-order valence-electron chi connectivity index (χ2n) is 4.67. The molecule has 0 bridgehead atoms. The minimum absolute atomic E-state index is 0.305. The molecule has 2 rings (SSSR count). The van der Waals surface area contributed by atoms with Crippen molar-refractivity contribution in [2.24, 2.45) is 0 Å². The lowest BCUT2D eigenvalue weighted by atomic mass is 10.1. The van der Waals surface area contributed by atoms with Crippen molar-refractivity contribution in [1.29, 1.82) is 0 Å². The van der Waals surface area contributed by atoms with E-state index >= 15 is 0 Å². The van der Waals surface area contributed by atoms with Crippen LogP contribution in [0.5, 0.6) is 5.75 Å². The summed E-state index contributed by atoms with van der Waals surface area (Å²) in [5.74, 6) is 0.305. The van der Waals surface area contributed by atoms with Crippen LogP contribution in [-0.2, 0) is 13.1 Å². The number of para-hydroxylation sites is 1. The number of aromatic hydroxyl groups is 1. The van der Waals surface area contributed by atoms with Crippen LogP contribution in [0.15, 0.2) is 48.5 Å². The number of rotatable bonds is 5. The molecule has 0 radical (unpaired) electrons. The molecular formula is C16H20N2O. The van der Waals surface area contributed by atoms with Gasteiger partial charge in [-0.1, -0.05) is 37.3 Å². The molecule has 2 aromatic carbocycles. The van der Waals surface area contributed by atoms with Gasteiger partial charge in [0.1, 0.15) is 5.75 Å². The van der Waals surface area contributed by atoms with E-state index in [1.807, 2.05) is 30.3 Å². The van der Waals surface area contributed by atoms with Gasteiger partial charge in [-0.05, 0) is 35.9 Å². The molecule has 0 saturated heterocycles. The highest BCUT2D eigenvalue weighted by Crippen LogP contribution is 2.16. The third kappa shape index (κ3) is 3.73. The third-order valence-corrected chi connectivity index (χ3v) is 3.24. The van der Waals surface area contributed by atoms with Crippen LogP contribution in [0.2, 0.25) is 0 Å². The molecular weight excluding hydrogens is 236 g/mol. The Balaban J connectivity index is 2.05. The fourth-order valence-corrected chi connectivity index (χ4v) is 2.06. The van der Waals surface area contributed by atoms with E-state index in [1.165, 1.54) is 5.56 Å². The first kappa shape index (κ1) is 13.4. The predicted octanol–water partition coefficient (Wildman–Crippen LogP) is 3.00. The molecule has 3 nitrogen and oxygen atoms in total. The molecule has 0 heterocycles. The van der Waals surface area contributed by atoms with Crippen LogP contribution in [0.25, 0.3) is 0 Å². The van der Waals surface area contributed by atoms with Crippen LogP contribution in [0.1, 0.15) is 18.1 Å². The molecule has 0 saturated carbocycles. The molecule has 0 aromatic heterocycles. The minimum atomic E-state index is 0.305. The van der Waals surface area contributed by atoms with Crippen LogP contribution in [0.3, 0.4) is 0 Å². The Hall–Kier alpha value is -2.00. The molecule has 100 valence electrons. The standard InChI is InChI=1S/C16H20N2O/c1-2-18(11-13-7-9-15(19)10-8-13)12-14-5-3-4-6-16(14)17/h3-10,19H,2,11-12,17H2,1H3. The summed E-state index contributed by atoms with van der Waals surface area (Å²) in [6, 6.07) is 15.3. The number of nitrogen functional groups attached to an aromatic ring is 1. The summed E-state index contributed by atoms with van der Waals surface area (Å²) < 4.78 is 0. The van der Waals surface area contributed by atoms with E-state index in [9.17, 15) is 5.11 Å². The summed E-state index contributed by atoms with van der Waals surface area (Å²) >= 11 is 0. The SMILES string of the molecule is CCN(Cc1ccc(O)cc1)Cc1ccccc1N. The third-order valence-electron chi connectivity index (χ3n) is 3.24. The van der Waals surface area contributed by atoms with Crippen molar-refractivity contribution in [2.75, 3.05) is 12.3 Å². The molecule has 0 amide bonds. The Labute approximate surface area is 114 Å². The van der Waals surface area contributed by atoms with E-state index in [0.717, 1.165) is 30.9 Å². The fraction of sp³-hybridized carbons (Fsp3) is 0.250. The van der Waals surface area contributed by atoms with E-state index < -0.39 is 0 Å². The van der Waals surface area contributed by atoms with Crippen molar-refractivity contribution >= 4 is 5.69 Å². The number of phenols is 1. The highest BCUT2D eigenvalue weighted by molar-refractivity contribution is 5.46. The molecule has 0 aliphatic rings. The van der Waals surface area contributed by atoms with Crippen molar-refractivity contribution in [1.82, 2.24) is 4.90 Å². The zero-order valence-corrected chi connectivity index (χ0v) is 11.2. The van der Waals surface area contributed by atoms with E-state index in [2.05, 4.69) is 17.9 Å². The largest absolute Gasteiger partial charge is 0.508 e. The molecule has 3 N–H and O–H groups in total. The Morgan fingerprint density at radius 3 is 2.32 bits per heavy atom. The van der Waals surface area contributed by atoms with Gasteiger partial charge < -0.3 is 10.8 Å². The molecule has 0 atom stereocenters. The van der Waals surface area contributed by atoms with Gasteiger partial charge in [0.2, 0.25) is 0 Å². The first-order valence-electron chi connectivity index (χ1n) is 6.52. The maximum atomic E-state index is 9.29. The molecule has 0 spiro atoms. The van der Waals surface area contributed by atoms with E-state index in [4.69, 9.17) is 5.73 Å². The minimum Gasteiger partial charge on any atom is -0.508 e. The van der Waals surface area contributed by atoms with Crippen molar-refractivity contribution in [2.45, 2.75) is 20.0 Å². The molecule has 0 aliphatic heterocycles. The molecule has 0 fully saturated rings. The van der Waals surface area contributed by atoms with Gasteiger partial charge in [-0.25, -0.2) is 0 Å². The summed E-state index contributed by atoms with van der Waals surface area (Å²) in [5, 5.41) is 9.29. The van der Waals surface area contributed by atoms with Crippen LogP contribution in [0.4, 0.5) is 5.69 Å². The quantitative estimate of drug-likeness (QED) is 0.808. The highest BCUT2D eigenvalue weighted by Gasteiger charge is 2.07. The second kappa shape index (κ2) is 6.25. The summed E-state index contributed by atoms with van der Waals surface area (Å²) in [6.45, 7) is 4.78. The Kier molecular flexibility index (Phi) is 4.42. The van der Waals surface area contributed by atoms with Gasteiger partial charge >= 0.3 is 0 Å². The first-order chi connectivity index (χ1) is 9.19. The molecule has 19 heavy (non-hydrogen) atoms. The average molecular weight is 256 g/mol. The number of nitrogens with zero attached hydrogens (tertiary/aromatic N) is 1. The lowest BCUT2D eigenvalue weighted by Crippen LogP contribution is -2.22. The van der Waals surface area contributed by atoms with Gasteiger partial charge in [-0.15, -0.1) is 0 Å². The van der Waals surface area contributed by atoms with Gasteiger partial charge in [0.15, 0.2) is 0 Å². The van der Waals surface area contributed by atoms with Crippen molar-refractivity contribution in [3.63, 3.8) is 0 Å². The van der Waals surface area contributed by atoms with Crippen LogP contribution < -0.4 is 5.73 Å². The predicted molar refractivity (Wildman–Crippen MR) is 78.7 cm³/mol. The summed E-state index contributed by atoms with van der Waals surface area (Å²) in [4.78, 5) is 2.32. The maximum absolute atomic E-state index is 9.29. The van der Waals surface area contributed by atoms with Gasteiger partial charge in [-0.3, -0.25) is 4.90 Å². The monoisotopic (exact) mass is 256 g/mol. The van der Waals surface area contributed by atoms with Gasteiger partial charge in [-0.2, -0.15) is 0 Å². The summed E-state index contributed by atoms with van der Waals surface area (Å²) in [5.41, 5.74) is 9.16. The van der Waals surface area contributed by atoms with Crippen LogP contribution in [-0.4, -0.2) is 16.6 Å². The van der Waals surface area contributed by atoms with Gasteiger partial charge in [0.05, 0.1) is 0 Å². The van der Waals surface area contributed by atoms with E-state index in [0.29, 0.717) is 5.75 Å². The fourth-order valence-electron chi connectivity index (χ4n) is 2.06. The van der Waals surface area contributed by atoms with Crippen molar-refractivity contribution in [3.8, 4) is 5.75 Å². The number of anilines is 1. The zero-order chi connectivity index (χ0) is 13.7. The second-order valence-corrected chi connectivity index (χ2v) is 4.67. The lowest BCUT2D eigenvalue weighted by Gasteiger charge is -2.21. The van der Waals surface area contributed by atoms with Gasteiger partial charge in [0.25, 0.3) is 0 Å². The Bertz CT molecular complexity index is 523. The topological polar surface area (TPSA) is 49.5 Å². The van der Waals surface area contributed by atoms with Crippen molar-refractivity contribution < 1.29 is 5.11 Å². The number of hydrogen-bond donors (Lipinski definition) is 2. The molecule has 0 unspecified atom stereocenters. The number of benzene rings is 2. The van der Waals surface area contributed by atoms with Crippen LogP contribution >= 0.6 is 0 Å². The molecule has 2 aromatic rings. The summed E-state index contributed by atoms with van der Waals surface area (Å²) in [6.07, 6.45) is 0. The highest BCUT2D eigenvalue weighted by atomic mass is 16.3. The zero-order valence-electron chi connectivity index (χ0n) is 11.2. The molecule has 3 heteroatoms. The van der Waals surface area contributed by atoms with E-state index in [-0.39, 0.29) is 0 Å². The Morgan fingerprint density at radius 2 is 1.68 bits per heavy atom.